The molecule has 1 aromatic carbocycles. The molecule has 3 aliphatic rings. The SMILES string of the molecule is C.N[C@@H]1c2ccccc2CC12CCN(c1cnc(OC3CCCC3)cn1)CC2. The molecule has 5 heteroatoms. The molecule has 1 atom stereocenters. The number of piperidine rings is 1. The summed E-state index contributed by atoms with van der Waals surface area (Å²) < 4.78 is 5.93. The van der Waals surface area contributed by atoms with E-state index in [-0.39, 0.29) is 18.9 Å². The Kier molecular flexibility index (Phi) is 5.28. The highest BCUT2D eigenvalue weighted by atomic mass is 16.5. The Hall–Kier alpha value is -2.14. The first-order valence-electron chi connectivity index (χ1n) is 10.3. The predicted molar refractivity (Wildman–Crippen MR) is 113 cm³/mol. The number of aromatic nitrogens is 2. The van der Waals surface area contributed by atoms with E-state index in [1.165, 1.54) is 24.0 Å². The van der Waals surface area contributed by atoms with Gasteiger partial charge in [0.05, 0.1) is 12.4 Å². The molecule has 0 radical (unpaired) electrons. The molecule has 5 nitrogen and oxygen atoms in total. The highest BCUT2D eigenvalue weighted by Crippen LogP contribution is 2.50. The van der Waals surface area contributed by atoms with Crippen LogP contribution in [0.3, 0.4) is 0 Å². The summed E-state index contributed by atoms with van der Waals surface area (Å²) >= 11 is 0. The molecule has 1 aliphatic heterocycles. The number of hydrogen-bond donors (Lipinski definition) is 1. The summed E-state index contributed by atoms with van der Waals surface area (Å²) in [4.78, 5) is 11.5. The monoisotopic (exact) mass is 380 g/mol. The maximum atomic E-state index is 6.67. The zero-order chi connectivity index (χ0) is 18.3. The van der Waals surface area contributed by atoms with Gasteiger partial charge < -0.3 is 15.4 Å². The number of nitrogens with two attached hydrogens (primary N) is 1. The van der Waals surface area contributed by atoms with Crippen LogP contribution in [-0.4, -0.2) is 29.2 Å². The number of nitrogens with zero attached hydrogens (tertiary/aromatic N) is 3. The van der Waals surface area contributed by atoms with Gasteiger partial charge in [-0.2, -0.15) is 0 Å². The summed E-state index contributed by atoms with van der Waals surface area (Å²) in [7, 11) is 0. The highest BCUT2D eigenvalue weighted by Gasteiger charge is 2.45. The van der Waals surface area contributed by atoms with Crippen LogP contribution in [0, 0.1) is 5.41 Å². The van der Waals surface area contributed by atoms with Gasteiger partial charge in [0, 0.05) is 19.1 Å². The van der Waals surface area contributed by atoms with E-state index in [9.17, 15) is 0 Å². The van der Waals surface area contributed by atoms with Gasteiger partial charge in [0.2, 0.25) is 5.88 Å². The minimum atomic E-state index is 0. The Labute approximate surface area is 168 Å². The summed E-state index contributed by atoms with van der Waals surface area (Å²) in [6.07, 6.45) is 12.1. The molecule has 1 saturated heterocycles. The Morgan fingerprint density at radius 1 is 1.04 bits per heavy atom. The fraction of sp³-hybridized carbons (Fsp3) is 0.565. The first kappa shape index (κ1) is 19.2. The maximum Gasteiger partial charge on any atom is 0.232 e. The second kappa shape index (κ2) is 7.70. The van der Waals surface area contributed by atoms with E-state index in [2.05, 4.69) is 39.1 Å². The van der Waals surface area contributed by atoms with Gasteiger partial charge in [0.25, 0.3) is 0 Å². The molecule has 2 aliphatic carbocycles. The third-order valence-electron chi connectivity index (χ3n) is 6.88. The normalized spacial score (nSPS) is 23.5. The largest absolute Gasteiger partial charge is 0.473 e. The molecule has 2 fully saturated rings. The van der Waals surface area contributed by atoms with Crippen LogP contribution in [0.5, 0.6) is 5.88 Å². The number of hydrogen-bond acceptors (Lipinski definition) is 5. The smallest absolute Gasteiger partial charge is 0.232 e. The lowest BCUT2D eigenvalue weighted by Crippen LogP contribution is -2.44. The zero-order valence-corrected chi connectivity index (χ0v) is 15.8. The van der Waals surface area contributed by atoms with Crippen molar-refractivity contribution in [3.8, 4) is 5.88 Å². The van der Waals surface area contributed by atoms with Crippen LogP contribution in [0.25, 0.3) is 0 Å². The van der Waals surface area contributed by atoms with Gasteiger partial charge in [-0.05, 0) is 61.5 Å². The van der Waals surface area contributed by atoms with Gasteiger partial charge in [-0.15, -0.1) is 0 Å². The summed E-state index contributed by atoms with van der Waals surface area (Å²) in [5.41, 5.74) is 9.67. The van der Waals surface area contributed by atoms with Gasteiger partial charge in [-0.25, -0.2) is 9.97 Å². The van der Waals surface area contributed by atoms with E-state index in [1.54, 1.807) is 6.20 Å². The van der Waals surface area contributed by atoms with Crippen LogP contribution in [0.2, 0.25) is 0 Å². The minimum Gasteiger partial charge on any atom is -0.473 e. The van der Waals surface area contributed by atoms with Gasteiger partial charge in [0.15, 0.2) is 0 Å². The van der Waals surface area contributed by atoms with E-state index in [0.29, 0.717) is 12.0 Å². The molecule has 0 bridgehead atoms. The number of ether oxygens (including phenoxy) is 1. The molecule has 5 rings (SSSR count). The molecule has 2 N–H and O–H groups in total. The quantitative estimate of drug-likeness (QED) is 0.861. The Morgan fingerprint density at radius 3 is 2.46 bits per heavy atom. The van der Waals surface area contributed by atoms with Crippen molar-refractivity contribution >= 4 is 5.82 Å². The number of anilines is 1. The Balaban J connectivity index is 0.00000192. The van der Waals surface area contributed by atoms with Gasteiger partial charge in [-0.3, -0.25) is 0 Å². The average Bonchev–Trinajstić information content (AvgIpc) is 3.31. The molecule has 2 heterocycles. The summed E-state index contributed by atoms with van der Waals surface area (Å²) in [6.45, 7) is 1.97. The molecule has 1 saturated carbocycles. The molecule has 2 aromatic rings. The van der Waals surface area contributed by atoms with Crippen molar-refractivity contribution in [1.82, 2.24) is 9.97 Å². The van der Waals surface area contributed by atoms with Crippen LogP contribution < -0.4 is 15.4 Å². The predicted octanol–water partition coefficient (Wildman–Crippen LogP) is 4.28. The Morgan fingerprint density at radius 2 is 1.79 bits per heavy atom. The van der Waals surface area contributed by atoms with Gasteiger partial charge >= 0.3 is 0 Å². The maximum absolute atomic E-state index is 6.67. The third-order valence-corrected chi connectivity index (χ3v) is 6.88. The van der Waals surface area contributed by atoms with Crippen LogP contribution in [0.1, 0.15) is 63.1 Å². The molecule has 0 unspecified atom stereocenters. The summed E-state index contributed by atoms with van der Waals surface area (Å²) in [6, 6.07) is 8.84. The summed E-state index contributed by atoms with van der Waals surface area (Å²) in [5, 5.41) is 0. The molecule has 150 valence electrons. The molecule has 1 spiro atoms. The standard InChI is InChI=1S/C22H28N4O.CH4/c23-21-18-8-4-1-5-16(18)13-22(21)9-11-26(12-10-22)19-14-25-20(15-24-19)27-17-6-2-3-7-17;/h1,4-5,8,14-15,17,21H,2-3,6-7,9-13,23H2;1H4/t21-;/m1./s1. The molecular weight excluding hydrogens is 348 g/mol. The fourth-order valence-electron chi connectivity index (χ4n) is 5.20. The van der Waals surface area contributed by atoms with E-state index in [4.69, 9.17) is 10.5 Å². The minimum absolute atomic E-state index is 0. The van der Waals surface area contributed by atoms with Gasteiger partial charge in [-0.1, -0.05) is 31.7 Å². The number of benzene rings is 1. The van der Waals surface area contributed by atoms with Crippen molar-refractivity contribution in [2.45, 2.75) is 64.5 Å². The first-order chi connectivity index (χ1) is 13.2. The van der Waals surface area contributed by atoms with Gasteiger partial charge in [0.1, 0.15) is 11.9 Å². The van der Waals surface area contributed by atoms with Crippen LogP contribution in [-0.2, 0) is 6.42 Å². The van der Waals surface area contributed by atoms with Crippen LogP contribution in [0.15, 0.2) is 36.7 Å². The number of fused-ring (bicyclic) bond motifs is 1. The second-order valence-electron chi connectivity index (χ2n) is 8.44. The molecular formula is C23H32N4O. The topological polar surface area (TPSA) is 64.3 Å². The van der Waals surface area contributed by atoms with E-state index in [0.717, 1.165) is 51.0 Å². The van der Waals surface area contributed by atoms with Crippen molar-refractivity contribution in [1.29, 1.82) is 0 Å². The van der Waals surface area contributed by atoms with Crippen molar-refractivity contribution in [3.05, 3.63) is 47.8 Å². The van der Waals surface area contributed by atoms with E-state index in [1.807, 2.05) is 6.20 Å². The summed E-state index contributed by atoms with van der Waals surface area (Å²) in [5.74, 6) is 1.61. The molecule has 1 aromatic heterocycles. The van der Waals surface area contributed by atoms with Crippen molar-refractivity contribution < 1.29 is 4.74 Å². The average molecular weight is 381 g/mol. The van der Waals surface area contributed by atoms with Crippen molar-refractivity contribution in [2.24, 2.45) is 11.1 Å². The van der Waals surface area contributed by atoms with E-state index >= 15 is 0 Å². The van der Waals surface area contributed by atoms with E-state index < -0.39 is 0 Å². The van der Waals surface area contributed by atoms with Crippen LogP contribution >= 0.6 is 0 Å². The van der Waals surface area contributed by atoms with Crippen LogP contribution in [0.4, 0.5) is 5.82 Å². The first-order valence-corrected chi connectivity index (χ1v) is 10.3. The zero-order valence-electron chi connectivity index (χ0n) is 15.8. The lowest BCUT2D eigenvalue weighted by Gasteiger charge is -2.42. The second-order valence-corrected chi connectivity index (χ2v) is 8.44. The van der Waals surface area contributed by atoms with Crippen molar-refractivity contribution in [3.63, 3.8) is 0 Å². The lowest BCUT2D eigenvalue weighted by atomic mass is 9.73. The Bertz CT molecular complexity index is 793. The highest BCUT2D eigenvalue weighted by molar-refractivity contribution is 5.41. The van der Waals surface area contributed by atoms with Crippen molar-refractivity contribution in [2.75, 3.05) is 18.0 Å². The molecule has 0 amide bonds. The lowest BCUT2D eigenvalue weighted by molar-refractivity contribution is 0.187. The molecule has 28 heavy (non-hydrogen) atoms. The fourth-order valence-corrected chi connectivity index (χ4v) is 5.20. The number of rotatable bonds is 3. The third kappa shape index (κ3) is 3.37.